The molecule has 1 aromatic rings. The SMILES string of the molecule is CC(c1cccc(F)c1)N1CCN(C(=O)[C@@H]2CCCN2C(N)=O)CC1. The van der Waals surface area contributed by atoms with Gasteiger partial charge in [-0.2, -0.15) is 0 Å². The predicted molar refractivity (Wildman–Crippen MR) is 92.3 cm³/mol. The van der Waals surface area contributed by atoms with Crippen molar-refractivity contribution in [2.24, 2.45) is 5.73 Å². The largest absolute Gasteiger partial charge is 0.351 e. The summed E-state index contributed by atoms with van der Waals surface area (Å²) in [6.45, 7) is 5.29. The Labute approximate surface area is 147 Å². The molecule has 6 nitrogen and oxygen atoms in total. The van der Waals surface area contributed by atoms with Crippen LogP contribution in [0.4, 0.5) is 9.18 Å². The first-order valence-electron chi connectivity index (χ1n) is 8.81. The lowest BCUT2D eigenvalue weighted by molar-refractivity contribution is -0.137. The van der Waals surface area contributed by atoms with Crippen molar-refractivity contribution >= 4 is 11.9 Å². The Kier molecular flexibility index (Phi) is 5.22. The van der Waals surface area contributed by atoms with Crippen molar-refractivity contribution < 1.29 is 14.0 Å². The molecule has 7 heteroatoms. The summed E-state index contributed by atoms with van der Waals surface area (Å²) in [5, 5.41) is 0. The van der Waals surface area contributed by atoms with Gasteiger partial charge in [-0.25, -0.2) is 9.18 Å². The number of benzene rings is 1. The van der Waals surface area contributed by atoms with E-state index >= 15 is 0 Å². The number of amides is 3. The van der Waals surface area contributed by atoms with Crippen molar-refractivity contribution in [2.75, 3.05) is 32.7 Å². The Balaban J connectivity index is 1.58. The first-order valence-corrected chi connectivity index (χ1v) is 8.81. The summed E-state index contributed by atoms with van der Waals surface area (Å²) < 4.78 is 13.4. The predicted octanol–water partition coefficient (Wildman–Crippen LogP) is 1.57. The first kappa shape index (κ1) is 17.7. The molecule has 2 fully saturated rings. The van der Waals surface area contributed by atoms with E-state index in [0.29, 0.717) is 26.1 Å². The van der Waals surface area contributed by atoms with E-state index in [9.17, 15) is 14.0 Å². The van der Waals surface area contributed by atoms with Crippen LogP contribution in [-0.2, 0) is 4.79 Å². The zero-order chi connectivity index (χ0) is 18.0. The van der Waals surface area contributed by atoms with E-state index in [1.54, 1.807) is 12.1 Å². The van der Waals surface area contributed by atoms with Gasteiger partial charge in [0.2, 0.25) is 5.91 Å². The molecule has 0 aromatic heterocycles. The quantitative estimate of drug-likeness (QED) is 0.901. The van der Waals surface area contributed by atoms with Crippen molar-refractivity contribution in [1.29, 1.82) is 0 Å². The monoisotopic (exact) mass is 348 g/mol. The zero-order valence-corrected chi connectivity index (χ0v) is 14.5. The number of halogens is 1. The standard InChI is InChI=1S/C18H25FN4O2/c1-13(14-4-2-5-15(19)12-14)21-8-10-22(11-9-21)17(24)16-6-3-7-23(16)18(20)25/h2,4-5,12-13,16H,3,6-11H2,1H3,(H2,20,25)/t13?,16-/m0/s1. The van der Waals surface area contributed by atoms with Crippen LogP contribution < -0.4 is 5.73 Å². The number of nitrogens with two attached hydrogens (primary N) is 1. The molecule has 3 amide bonds. The Morgan fingerprint density at radius 2 is 1.92 bits per heavy atom. The fourth-order valence-electron chi connectivity index (χ4n) is 3.80. The minimum absolute atomic E-state index is 0.00522. The molecule has 2 N–H and O–H groups in total. The maximum absolute atomic E-state index is 13.4. The molecule has 0 saturated carbocycles. The van der Waals surface area contributed by atoms with Gasteiger partial charge in [0.05, 0.1) is 0 Å². The maximum atomic E-state index is 13.4. The molecule has 2 aliphatic rings. The molecule has 3 rings (SSSR count). The van der Waals surface area contributed by atoms with Gasteiger partial charge < -0.3 is 15.5 Å². The molecule has 0 aliphatic carbocycles. The molecular formula is C18H25FN4O2. The molecule has 136 valence electrons. The van der Waals surface area contributed by atoms with E-state index in [-0.39, 0.29) is 17.8 Å². The van der Waals surface area contributed by atoms with Crippen molar-refractivity contribution in [3.05, 3.63) is 35.6 Å². The lowest BCUT2D eigenvalue weighted by Gasteiger charge is -2.39. The summed E-state index contributed by atoms with van der Waals surface area (Å²) in [6.07, 6.45) is 1.50. The van der Waals surface area contributed by atoms with Crippen LogP contribution in [0, 0.1) is 5.82 Å². The normalized spacial score (nSPS) is 22.9. The third kappa shape index (κ3) is 3.76. The highest BCUT2D eigenvalue weighted by atomic mass is 19.1. The Morgan fingerprint density at radius 1 is 1.20 bits per heavy atom. The number of rotatable bonds is 3. The van der Waals surface area contributed by atoms with Crippen LogP contribution in [0.5, 0.6) is 0 Å². The van der Waals surface area contributed by atoms with Crippen LogP contribution in [0.1, 0.15) is 31.4 Å². The number of piperazine rings is 1. The lowest BCUT2D eigenvalue weighted by Crippen LogP contribution is -2.55. The molecule has 0 spiro atoms. The highest BCUT2D eigenvalue weighted by molar-refractivity contribution is 5.87. The number of hydrogen-bond donors (Lipinski definition) is 1. The Bertz CT molecular complexity index is 646. The van der Waals surface area contributed by atoms with E-state index in [4.69, 9.17) is 5.73 Å². The maximum Gasteiger partial charge on any atom is 0.315 e. The molecule has 0 bridgehead atoms. The Hall–Kier alpha value is -2.15. The summed E-state index contributed by atoms with van der Waals surface area (Å²) in [5.74, 6) is -0.236. The average molecular weight is 348 g/mol. The third-order valence-corrected chi connectivity index (χ3v) is 5.33. The van der Waals surface area contributed by atoms with Gasteiger partial charge in [0, 0.05) is 38.8 Å². The number of carbonyl (C=O) groups is 2. The molecule has 2 aliphatic heterocycles. The van der Waals surface area contributed by atoms with E-state index in [1.165, 1.54) is 11.0 Å². The third-order valence-electron chi connectivity index (χ3n) is 5.33. The van der Waals surface area contributed by atoms with Crippen LogP contribution in [0.25, 0.3) is 0 Å². The lowest BCUT2D eigenvalue weighted by atomic mass is 10.1. The smallest absolute Gasteiger partial charge is 0.315 e. The second-order valence-electron chi connectivity index (χ2n) is 6.78. The number of primary amides is 1. The first-order chi connectivity index (χ1) is 12.0. The van der Waals surface area contributed by atoms with E-state index in [2.05, 4.69) is 11.8 Å². The number of urea groups is 1. The van der Waals surface area contributed by atoms with Crippen molar-refractivity contribution in [3.63, 3.8) is 0 Å². The van der Waals surface area contributed by atoms with Crippen molar-refractivity contribution in [1.82, 2.24) is 14.7 Å². The minimum atomic E-state index is -0.519. The molecule has 25 heavy (non-hydrogen) atoms. The number of hydrogen-bond acceptors (Lipinski definition) is 3. The van der Waals surface area contributed by atoms with Gasteiger partial charge in [0.1, 0.15) is 11.9 Å². The van der Waals surface area contributed by atoms with E-state index in [0.717, 1.165) is 25.1 Å². The summed E-state index contributed by atoms with van der Waals surface area (Å²) in [5.41, 5.74) is 6.31. The molecular weight excluding hydrogens is 323 g/mol. The minimum Gasteiger partial charge on any atom is -0.351 e. The van der Waals surface area contributed by atoms with Crippen LogP contribution in [0.15, 0.2) is 24.3 Å². The number of carbonyl (C=O) groups excluding carboxylic acids is 2. The van der Waals surface area contributed by atoms with Gasteiger partial charge >= 0.3 is 6.03 Å². The van der Waals surface area contributed by atoms with Crippen molar-refractivity contribution in [3.8, 4) is 0 Å². The van der Waals surface area contributed by atoms with Gasteiger partial charge in [-0.05, 0) is 37.5 Å². The Morgan fingerprint density at radius 3 is 2.56 bits per heavy atom. The summed E-state index contributed by atoms with van der Waals surface area (Å²) in [6, 6.07) is 5.82. The van der Waals surface area contributed by atoms with Crippen molar-refractivity contribution in [2.45, 2.75) is 31.8 Å². The number of nitrogens with zero attached hydrogens (tertiary/aromatic N) is 3. The molecule has 1 aromatic carbocycles. The second-order valence-corrected chi connectivity index (χ2v) is 6.78. The highest BCUT2D eigenvalue weighted by Gasteiger charge is 2.36. The fourth-order valence-corrected chi connectivity index (χ4v) is 3.80. The van der Waals surface area contributed by atoms with Gasteiger partial charge in [-0.15, -0.1) is 0 Å². The molecule has 0 radical (unpaired) electrons. The summed E-state index contributed by atoms with van der Waals surface area (Å²) >= 11 is 0. The molecule has 1 unspecified atom stereocenters. The zero-order valence-electron chi connectivity index (χ0n) is 14.5. The van der Waals surface area contributed by atoms with Crippen LogP contribution in [0.2, 0.25) is 0 Å². The van der Waals surface area contributed by atoms with Crippen LogP contribution >= 0.6 is 0 Å². The van der Waals surface area contributed by atoms with E-state index < -0.39 is 12.1 Å². The van der Waals surface area contributed by atoms with Gasteiger partial charge in [-0.1, -0.05) is 12.1 Å². The van der Waals surface area contributed by atoms with Gasteiger partial charge in [0.25, 0.3) is 0 Å². The average Bonchev–Trinajstić information content (AvgIpc) is 3.10. The fraction of sp³-hybridized carbons (Fsp3) is 0.556. The van der Waals surface area contributed by atoms with Gasteiger partial charge in [-0.3, -0.25) is 9.69 Å². The second kappa shape index (κ2) is 7.39. The topological polar surface area (TPSA) is 69.9 Å². The number of likely N-dealkylation sites (tertiary alicyclic amines) is 1. The van der Waals surface area contributed by atoms with Gasteiger partial charge in [0.15, 0.2) is 0 Å². The van der Waals surface area contributed by atoms with Crippen LogP contribution in [-0.4, -0.2) is 65.4 Å². The molecule has 2 saturated heterocycles. The van der Waals surface area contributed by atoms with Crippen LogP contribution in [0.3, 0.4) is 0 Å². The molecule has 2 atom stereocenters. The molecule has 2 heterocycles. The summed E-state index contributed by atoms with van der Waals surface area (Å²) in [7, 11) is 0. The van der Waals surface area contributed by atoms with E-state index in [1.807, 2.05) is 11.0 Å². The summed E-state index contributed by atoms with van der Waals surface area (Å²) in [4.78, 5) is 29.7. The highest BCUT2D eigenvalue weighted by Crippen LogP contribution is 2.24.